The monoisotopic (exact) mass is 270 g/mol. The second-order valence-electron chi connectivity index (χ2n) is 6.88. The highest BCUT2D eigenvalue weighted by molar-refractivity contribution is 5.33. The molecule has 0 amide bonds. The van der Waals surface area contributed by atoms with E-state index in [-0.39, 0.29) is 0 Å². The van der Waals surface area contributed by atoms with E-state index in [0.717, 1.165) is 18.5 Å². The maximum Gasteiger partial charge on any atom is 0.0478 e. The van der Waals surface area contributed by atoms with Crippen LogP contribution in [0.4, 0.5) is 0 Å². The Balaban J connectivity index is 1.54. The summed E-state index contributed by atoms with van der Waals surface area (Å²) in [5, 5.41) is 7.78. The molecule has 4 atom stereocenters. The zero-order valence-electron chi connectivity index (χ0n) is 12.3. The fourth-order valence-corrected chi connectivity index (χ4v) is 4.68. The molecule has 2 N–H and O–H groups in total. The minimum absolute atomic E-state index is 0.530. The Labute approximate surface area is 122 Å². The molecule has 2 aliphatic heterocycles. The van der Waals surface area contributed by atoms with Crippen molar-refractivity contribution in [3.8, 4) is 0 Å². The lowest BCUT2D eigenvalue weighted by Gasteiger charge is -2.44. The van der Waals surface area contributed by atoms with Crippen LogP contribution in [0.15, 0.2) is 24.3 Å². The van der Waals surface area contributed by atoms with Gasteiger partial charge < -0.3 is 10.6 Å². The Bertz CT molecular complexity index is 470. The van der Waals surface area contributed by atoms with E-state index in [1.165, 1.54) is 44.9 Å². The number of piperidine rings is 1. The molecule has 1 aliphatic carbocycles. The lowest BCUT2D eigenvalue weighted by molar-refractivity contribution is 0.154. The van der Waals surface area contributed by atoms with Gasteiger partial charge in [-0.1, -0.05) is 37.1 Å². The van der Waals surface area contributed by atoms with Crippen molar-refractivity contribution in [2.24, 2.45) is 5.92 Å². The zero-order chi connectivity index (χ0) is 13.4. The minimum Gasteiger partial charge on any atom is -0.309 e. The van der Waals surface area contributed by atoms with Gasteiger partial charge in [0.15, 0.2) is 0 Å². The number of nitrogens with one attached hydrogen (secondary N) is 2. The molecule has 20 heavy (non-hydrogen) atoms. The molecule has 0 aromatic heterocycles. The van der Waals surface area contributed by atoms with Crippen molar-refractivity contribution in [3.05, 3.63) is 35.4 Å². The molecule has 2 nitrogen and oxygen atoms in total. The maximum atomic E-state index is 4.00. The van der Waals surface area contributed by atoms with Crippen LogP contribution in [0.5, 0.6) is 0 Å². The van der Waals surface area contributed by atoms with Crippen molar-refractivity contribution >= 4 is 0 Å². The summed E-state index contributed by atoms with van der Waals surface area (Å²) in [5.41, 5.74) is 3.11. The van der Waals surface area contributed by atoms with Gasteiger partial charge in [-0.25, -0.2) is 0 Å². The van der Waals surface area contributed by atoms with Gasteiger partial charge in [0, 0.05) is 18.1 Å². The van der Waals surface area contributed by atoms with Gasteiger partial charge in [0.25, 0.3) is 0 Å². The van der Waals surface area contributed by atoms with Gasteiger partial charge >= 0.3 is 0 Å². The van der Waals surface area contributed by atoms with Gasteiger partial charge in [-0.3, -0.25) is 0 Å². The van der Waals surface area contributed by atoms with Crippen molar-refractivity contribution in [1.82, 2.24) is 10.6 Å². The van der Waals surface area contributed by atoms with Crippen LogP contribution < -0.4 is 10.6 Å². The van der Waals surface area contributed by atoms with E-state index >= 15 is 0 Å². The number of rotatable bonds is 1. The first-order valence-corrected chi connectivity index (χ1v) is 8.49. The van der Waals surface area contributed by atoms with Gasteiger partial charge in [-0.15, -0.1) is 0 Å². The molecule has 4 rings (SSSR count). The summed E-state index contributed by atoms with van der Waals surface area (Å²) < 4.78 is 0. The fraction of sp³-hybridized carbons (Fsp3) is 0.667. The second-order valence-corrected chi connectivity index (χ2v) is 6.88. The molecule has 0 radical (unpaired) electrons. The van der Waals surface area contributed by atoms with Gasteiger partial charge in [-0.05, 0) is 55.7 Å². The molecule has 0 bridgehead atoms. The second kappa shape index (κ2) is 5.50. The van der Waals surface area contributed by atoms with Crippen LogP contribution in [0.1, 0.15) is 55.7 Å². The van der Waals surface area contributed by atoms with Crippen LogP contribution in [0.2, 0.25) is 0 Å². The molecular formula is C18H26N2. The van der Waals surface area contributed by atoms with E-state index < -0.39 is 0 Å². The van der Waals surface area contributed by atoms with E-state index in [4.69, 9.17) is 0 Å². The van der Waals surface area contributed by atoms with Gasteiger partial charge in [0.2, 0.25) is 0 Å². The molecule has 2 heterocycles. The highest BCUT2D eigenvalue weighted by Gasteiger charge is 2.36. The molecule has 1 saturated carbocycles. The first-order valence-electron chi connectivity index (χ1n) is 8.49. The first kappa shape index (κ1) is 12.8. The Morgan fingerprint density at radius 2 is 1.80 bits per heavy atom. The Hall–Kier alpha value is -0.860. The summed E-state index contributed by atoms with van der Waals surface area (Å²) in [4.78, 5) is 0. The average molecular weight is 270 g/mol. The topological polar surface area (TPSA) is 24.1 Å². The third-order valence-corrected chi connectivity index (χ3v) is 5.74. The number of benzene rings is 1. The normalized spacial score (nSPS) is 37.0. The van der Waals surface area contributed by atoms with Gasteiger partial charge in [0.05, 0.1) is 0 Å². The van der Waals surface area contributed by atoms with Crippen LogP contribution in [0, 0.1) is 5.92 Å². The third kappa shape index (κ3) is 2.29. The van der Waals surface area contributed by atoms with E-state index in [2.05, 4.69) is 34.9 Å². The van der Waals surface area contributed by atoms with Crippen molar-refractivity contribution in [1.29, 1.82) is 0 Å². The van der Waals surface area contributed by atoms with Crippen LogP contribution in [-0.4, -0.2) is 18.6 Å². The van der Waals surface area contributed by atoms with Crippen molar-refractivity contribution < 1.29 is 0 Å². The highest BCUT2D eigenvalue weighted by Crippen LogP contribution is 2.36. The molecule has 108 valence electrons. The summed E-state index contributed by atoms with van der Waals surface area (Å²) in [6, 6.07) is 11.0. The van der Waals surface area contributed by atoms with E-state index in [1.807, 2.05) is 0 Å². The van der Waals surface area contributed by atoms with Crippen LogP contribution in [0.3, 0.4) is 0 Å². The molecule has 4 unspecified atom stereocenters. The molecule has 2 fully saturated rings. The SMILES string of the molecule is c1ccc2c(c1)CCNC2C1CCC2CCCCC2N1. The molecule has 0 spiro atoms. The molecule has 1 aromatic carbocycles. The van der Waals surface area contributed by atoms with Crippen molar-refractivity contribution in [2.75, 3.05) is 6.54 Å². The predicted octanol–water partition coefficient (Wildman–Crippen LogP) is 3.18. The molecule has 1 aromatic rings. The van der Waals surface area contributed by atoms with Crippen LogP contribution >= 0.6 is 0 Å². The van der Waals surface area contributed by atoms with Crippen LogP contribution in [0.25, 0.3) is 0 Å². The predicted molar refractivity (Wildman–Crippen MR) is 82.8 cm³/mol. The first-order chi connectivity index (χ1) is 9.92. The number of fused-ring (bicyclic) bond motifs is 2. The highest BCUT2D eigenvalue weighted by atomic mass is 15.1. The summed E-state index contributed by atoms with van der Waals surface area (Å²) in [6.07, 6.45) is 9.70. The molecule has 3 aliphatic rings. The number of hydrogen-bond acceptors (Lipinski definition) is 2. The van der Waals surface area contributed by atoms with E-state index in [9.17, 15) is 0 Å². The molecule has 1 saturated heterocycles. The maximum absolute atomic E-state index is 4.00. The van der Waals surface area contributed by atoms with Gasteiger partial charge in [-0.2, -0.15) is 0 Å². The average Bonchev–Trinajstić information content (AvgIpc) is 2.54. The Morgan fingerprint density at radius 1 is 0.900 bits per heavy atom. The van der Waals surface area contributed by atoms with Crippen LogP contribution in [-0.2, 0) is 6.42 Å². The zero-order valence-corrected chi connectivity index (χ0v) is 12.3. The third-order valence-electron chi connectivity index (χ3n) is 5.74. The summed E-state index contributed by atoms with van der Waals surface area (Å²) in [6.45, 7) is 1.13. The smallest absolute Gasteiger partial charge is 0.0478 e. The van der Waals surface area contributed by atoms with Crippen molar-refractivity contribution in [3.63, 3.8) is 0 Å². The minimum atomic E-state index is 0.530. The lowest BCUT2D eigenvalue weighted by Crippen LogP contribution is -2.54. The quantitative estimate of drug-likeness (QED) is 0.819. The van der Waals surface area contributed by atoms with E-state index in [0.29, 0.717) is 12.1 Å². The Morgan fingerprint density at radius 3 is 2.80 bits per heavy atom. The lowest BCUT2D eigenvalue weighted by atomic mass is 9.75. The molecule has 2 heteroatoms. The largest absolute Gasteiger partial charge is 0.309 e. The summed E-state index contributed by atoms with van der Waals surface area (Å²) in [7, 11) is 0. The van der Waals surface area contributed by atoms with Crippen molar-refractivity contribution in [2.45, 2.75) is 63.1 Å². The summed E-state index contributed by atoms with van der Waals surface area (Å²) in [5.74, 6) is 0.957. The summed E-state index contributed by atoms with van der Waals surface area (Å²) >= 11 is 0. The fourth-order valence-electron chi connectivity index (χ4n) is 4.68. The van der Waals surface area contributed by atoms with E-state index in [1.54, 1.807) is 11.1 Å². The van der Waals surface area contributed by atoms with Gasteiger partial charge in [0.1, 0.15) is 0 Å². The molecular weight excluding hydrogens is 244 g/mol. The number of hydrogen-bond donors (Lipinski definition) is 2. The standard InChI is InChI=1S/C18H26N2/c1-3-7-15-13(5-1)11-12-19-18(15)17-10-9-14-6-2-4-8-16(14)20-17/h1,3,5,7,14,16-20H,2,4,6,8-12H2. The Kier molecular flexibility index (Phi) is 3.53.